The Kier molecular flexibility index (Phi) is 6.25. The first kappa shape index (κ1) is 20.7. The predicted molar refractivity (Wildman–Crippen MR) is 120 cm³/mol. The first-order valence-electron chi connectivity index (χ1n) is 11.3. The number of amides is 2. The fourth-order valence-electron chi connectivity index (χ4n) is 4.65. The maximum Gasteiger partial charge on any atom is 0.315 e. The van der Waals surface area contributed by atoms with Crippen LogP contribution in [0.25, 0.3) is 11.0 Å². The molecule has 2 amide bonds. The Morgan fingerprint density at radius 3 is 2.37 bits per heavy atom. The van der Waals surface area contributed by atoms with Crippen LogP contribution in [0, 0.1) is 5.92 Å². The van der Waals surface area contributed by atoms with Crippen LogP contribution >= 0.6 is 0 Å². The van der Waals surface area contributed by atoms with Crippen LogP contribution in [0.3, 0.4) is 0 Å². The van der Waals surface area contributed by atoms with E-state index in [-0.39, 0.29) is 17.6 Å². The fraction of sp³-hybridized carbons (Fsp3) is 0.609. The Labute approximate surface area is 177 Å². The van der Waals surface area contributed by atoms with Gasteiger partial charge in [-0.05, 0) is 43.7 Å². The van der Waals surface area contributed by atoms with Crippen molar-refractivity contribution < 1.29 is 4.79 Å². The molecule has 1 aliphatic carbocycles. The van der Waals surface area contributed by atoms with Crippen molar-refractivity contribution in [2.45, 2.75) is 71.0 Å². The highest BCUT2D eigenvalue weighted by molar-refractivity contribution is 5.76. The molecule has 30 heavy (non-hydrogen) atoms. The van der Waals surface area contributed by atoms with Gasteiger partial charge in [0, 0.05) is 31.7 Å². The highest BCUT2D eigenvalue weighted by atomic mass is 16.2. The number of aromatic nitrogens is 2. The maximum atomic E-state index is 13.2. The number of piperidine rings is 1. The number of para-hydroxylation sites is 2. The van der Waals surface area contributed by atoms with E-state index in [4.69, 9.17) is 4.98 Å². The van der Waals surface area contributed by atoms with Crippen molar-refractivity contribution >= 4 is 22.9 Å². The summed E-state index contributed by atoms with van der Waals surface area (Å²) in [6, 6.07) is 8.26. The number of nitrogens with one attached hydrogen (secondary N) is 2. The Morgan fingerprint density at radius 2 is 1.70 bits per heavy atom. The molecule has 1 aromatic heterocycles. The van der Waals surface area contributed by atoms with Crippen molar-refractivity contribution in [2.75, 3.05) is 18.0 Å². The minimum Gasteiger partial charge on any atom is -0.352 e. The van der Waals surface area contributed by atoms with Gasteiger partial charge < -0.3 is 20.1 Å². The summed E-state index contributed by atoms with van der Waals surface area (Å²) in [6.07, 6.45) is 6.21. The van der Waals surface area contributed by atoms with Crippen LogP contribution in [0.5, 0.6) is 0 Å². The first-order chi connectivity index (χ1) is 14.5. The monoisotopic (exact) mass is 411 g/mol. The van der Waals surface area contributed by atoms with Gasteiger partial charge in [0.15, 0.2) is 5.82 Å². The van der Waals surface area contributed by atoms with Gasteiger partial charge in [-0.15, -0.1) is 0 Å². The SMILES string of the molecule is CC(C)Cn1c(=O)c(N2CCC(NC(=O)NC3CCCC3)CC2)nc2ccccc21. The standard InChI is InChI=1S/C23H33N5O2/c1-16(2)15-28-20-10-6-5-9-19(20)26-21(22(28)29)27-13-11-18(12-14-27)25-23(30)24-17-7-3-4-8-17/h5-6,9-10,16-18H,3-4,7-8,11-15H2,1-2H3,(H2,24,25,30). The number of carbonyl (C=O) groups is 1. The van der Waals surface area contributed by atoms with Crippen LogP contribution in [0.1, 0.15) is 52.4 Å². The normalized spacial score (nSPS) is 18.3. The number of fused-ring (bicyclic) bond motifs is 1. The average Bonchev–Trinajstić information content (AvgIpc) is 3.23. The van der Waals surface area contributed by atoms with Gasteiger partial charge in [-0.2, -0.15) is 0 Å². The summed E-state index contributed by atoms with van der Waals surface area (Å²) in [7, 11) is 0. The molecule has 1 aromatic carbocycles. The number of hydrogen-bond acceptors (Lipinski definition) is 4. The van der Waals surface area contributed by atoms with E-state index < -0.39 is 0 Å². The fourth-order valence-corrected chi connectivity index (χ4v) is 4.65. The zero-order valence-electron chi connectivity index (χ0n) is 18.1. The summed E-state index contributed by atoms with van der Waals surface area (Å²) < 4.78 is 1.86. The molecule has 0 unspecified atom stereocenters. The Balaban J connectivity index is 1.44. The van der Waals surface area contributed by atoms with Crippen molar-refractivity contribution in [3.8, 4) is 0 Å². The van der Waals surface area contributed by atoms with Crippen LogP contribution in [0.4, 0.5) is 10.6 Å². The lowest BCUT2D eigenvalue weighted by atomic mass is 10.1. The summed E-state index contributed by atoms with van der Waals surface area (Å²) in [4.78, 5) is 32.3. The zero-order valence-corrected chi connectivity index (χ0v) is 18.1. The van der Waals surface area contributed by atoms with Crippen LogP contribution in [0.15, 0.2) is 29.1 Å². The molecule has 7 nitrogen and oxygen atoms in total. The summed E-state index contributed by atoms with van der Waals surface area (Å²) in [6.45, 7) is 6.35. The molecular formula is C23H33N5O2. The molecular weight excluding hydrogens is 378 g/mol. The Hall–Kier alpha value is -2.57. The topological polar surface area (TPSA) is 79.3 Å². The third kappa shape index (κ3) is 4.60. The van der Waals surface area contributed by atoms with E-state index in [0.29, 0.717) is 24.3 Å². The van der Waals surface area contributed by atoms with Crippen molar-refractivity contribution in [3.05, 3.63) is 34.6 Å². The van der Waals surface area contributed by atoms with Crippen LogP contribution in [-0.4, -0.2) is 40.8 Å². The second-order valence-electron chi connectivity index (χ2n) is 9.09. The van der Waals surface area contributed by atoms with E-state index in [1.807, 2.05) is 28.8 Å². The molecule has 1 aliphatic heterocycles. The number of anilines is 1. The molecule has 1 saturated heterocycles. The molecule has 2 fully saturated rings. The predicted octanol–water partition coefficient (Wildman–Crippen LogP) is 3.26. The van der Waals surface area contributed by atoms with E-state index >= 15 is 0 Å². The number of rotatable bonds is 5. The molecule has 162 valence electrons. The van der Waals surface area contributed by atoms with E-state index in [9.17, 15) is 9.59 Å². The second-order valence-corrected chi connectivity index (χ2v) is 9.09. The number of carbonyl (C=O) groups excluding carboxylic acids is 1. The Bertz CT molecular complexity index is 940. The first-order valence-corrected chi connectivity index (χ1v) is 11.3. The molecule has 7 heteroatoms. The number of urea groups is 1. The van der Waals surface area contributed by atoms with Crippen LogP contribution in [0.2, 0.25) is 0 Å². The van der Waals surface area contributed by atoms with Gasteiger partial charge in [0.05, 0.1) is 11.0 Å². The molecule has 4 rings (SSSR count). The van der Waals surface area contributed by atoms with Crippen molar-refractivity contribution in [1.82, 2.24) is 20.2 Å². The van der Waals surface area contributed by atoms with Crippen LogP contribution < -0.4 is 21.1 Å². The lowest BCUT2D eigenvalue weighted by Crippen LogP contribution is -2.50. The van der Waals surface area contributed by atoms with Gasteiger partial charge in [-0.25, -0.2) is 9.78 Å². The summed E-state index contributed by atoms with van der Waals surface area (Å²) in [5, 5.41) is 6.21. The van der Waals surface area contributed by atoms with Gasteiger partial charge in [0.2, 0.25) is 0 Å². The van der Waals surface area contributed by atoms with E-state index in [0.717, 1.165) is 49.8 Å². The molecule has 0 bridgehead atoms. The number of nitrogens with zero attached hydrogens (tertiary/aromatic N) is 3. The number of hydrogen-bond donors (Lipinski definition) is 2. The lowest BCUT2D eigenvalue weighted by molar-refractivity contribution is 0.230. The molecule has 2 heterocycles. The Morgan fingerprint density at radius 1 is 1.07 bits per heavy atom. The van der Waals surface area contributed by atoms with Crippen LogP contribution in [-0.2, 0) is 6.54 Å². The highest BCUT2D eigenvalue weighted by Crippen LogP contribution is 2.20. The van der Waals surface area contributed by atoms with Crippen molar-refractivity contribution in [1.29, 1.82) is 0 Å². The van der Waals surface area contributed by atoms with E-state index in [2.05, 4.69) is 29.4 Å². The van der Waals surface area contributed by atoms with Crippen molar-refractivity contribution in [3.63, 3.8) is 0 Å². The summed E-state index contributed by atoms with van der Waals surface area (Å²) in [5.74, 6) is 0.901. The molecule has 2 aromatic rings. The van der Waals surface area contributed by atoms with Gasteiger partial charge in [-0.3, -0.25) is 4.79 Å². The lowest BCUT2D eigenvalue weighted by Gasteiger charge is -2.33. The summed E-state index contributed by atoms with van der Waals surface area (Å²) >= 11 is 0. The van der Waals surface area contributed by atoms with Gasteiger partial charge in [0.1, 0.15) is 0 Å². The second kappa shape index (κ2) is 9.06. The smallest absolute Gasteiger partial charge is 0.315 e. The zero-order chi connectivity index (χ0) is 21.1. The molecule has 2 N–H and O–H groups in total. The number of benzene rings is 1. The molecule has 0 spiro atoms. The van der Waals surface area contributed by atoms with E-state index in [1.165, 1.54) is 12.8 Å². The average molecular weight is 412 g/mol. The van der Waals surface area contributed by atoms with E-state index in [1.54, 1.807) is 0 Å². The quantitative estimate of drug-likeness (QED) is 0.792. The van der Waals surface area contributed by atoms with Gasteiger partial charge in [-0.1, -0.05) is 38.8 Å². The van der Waals surface area contributed by atoms with Gasteiger partial charge in [0.25, 0.3) is 5.56 Å². The minimum atomic E-state index is -0.0523. The van der Waals surface area contributed by atoms with Crippen molar-refractivity contribution in [2.24, 2.45) is 5.92 Å². The maximum absolute atomic E-state index is 13.2. The highest BCUT2D eigenvalue weighted by Gasteiger charge is 2.25. The molecule has 1 saturated carbocycles. The summed E-state index contributed by atoms with van der Waals surface area (Å²) in [5.41, 5.74) is 1.72. The third-order valence-electron chi connectivity index (χ3n) is 6.20. The molecule has 0 radical (unpaired) electrons. The molecule has 0 atom stereocenters. The largest absolute Gasteiger partial charge is 0.352 e. The van der Waals surface area contributed by atoms with Gasteiger partial charge >= 0.3 is 6.03 Å². The third-order valence-corrected chi connectivity index (χ3v) is 6.20. The molecule has 2 aliphatic rings. The minimum absolute atomic E-state index is 0.0206.